The van der Waals surface area contributed by atoms with Crippen molar-refractivity contribution in [2.24, 2.45) is 0 Å². The molecule has 102 valence electrons. The minimum absolute atomic E-state index is 0.0170. The maximum absolute atomic E-state index is 12.5. The van der Waals surface area contributed by atoms with E-state index in [9.17, 15) is 8.42 Å². The van der Waals surface area contributed by atoms with Gasteiger partial charge >= 0.3 is 0 Å². The molecule has 1 rings (SSSR count). The number of hydrogen-bond donors (Lipinski definition) is 1. The second-order valence-electron chi connectivity index (χ2n) is 4.80. The van der Waals surface area contributed by atoms with Crippen molar-refractivity contribution in [1.29, 1.82) is 0 Å². The molecule has 1 aromatic rings. The molecule has 18 heavy (non-hydrogen) atoms. The van der Waals surface area contributed by atoms with Crippen LogP contribution in [0.3, 0.4) is 0 Å². The summed E-state index contributed by atoms with van der Waals surface area (Å²) in [7, 11) is -1.46. The van der Waals surface area contributed by atoms with Crippen molar-refractivity contribution in [3.63, 3.8) is 0 Å². The maximum atomic E-state index is 12.5. The highest BCUT2D eigenvalue weighted by Crippen LogP contribution is 2.21. The zero-order chi connectivity index (χ0) is 13.9. The Kier molecular flexibility index (Phi) is 4.93. The average Bonchev–Trinajstić information content (AvgIpc) is 2.33. The number of aryl methyl sites for hydroxylation is 2. The lowest BCUT2D eigenvalue weighted by Crippen LogP contribution is -2.40. The van der Waals surface area contributed by atoms with Crippen LogP contribution >= 0.6 is 0 Å². The third-order valence-corrected chi connectivity index (χ3v) is 5.89. The molecule has 2 atom stereocenters. The van der Waals surface area contributed by atoms with Gasteiger partial charge in [-0.3, -0.25) is 0 Å². The molecule has 0 amide bonds. The third kappa shape index (κ3) is 2.93. The van der Waals surface area contributed by atoms with Crippen molar-refractivity contribution in [2.45, 2.75) is 50.3 Å². The topological polar surface area (TPSA) is 46.2 Å². The highest BCUT2D eigenvalue weighted by Gasteiger charge is 2.29. The summed E-state index contributed by atoms with van der Waals surface area (Å²) < 4.78 is 25.0. The van der Waals surface area contributed by atoms with E-state index in [-0.39, 0.29) is 6.04 Å². The monoisotopic (exact) mass is 269 g/mol. The first kappa shape index (κ1) is 15.2. The van der Waals surface area contributed by atoms with Crippen LogP contribution in [0.4, 0.5) is 0 Å². The van der Waals surface area contributed by atoms with Gasteiger partial charge in [-0.2, -0.15) is 0 Å². The standard InChI is InChI=1S/C14H23NO2S/c1-6-14(15-5)12(4)18(16,17)13-8-7-10(2)11(3)9-13/h7-9,12,14-15H,6H2,1-5H3. The number of rotatable bonds is 5. The lowest BCUT2D eigenvalue weighted by atomic mass is 10.1. The minimum atomic E-state index is -3.26. The van der Waals surface area contributed by atoms with Gasteiger partial charge in [0.15, 0.2) is 9.84 Å². The highest BCUT2D eigenvalue weighted by molar-refractivity contribution is 7.92. The molecular formula is C14H23NO2S. The van der Waals surface area contributed by atoms with Crippen LogP contribution < -0.4 is 5.32 Å². The first-order chi connectivity index (χ1) is 8.34. The van der Waals surface area contributed by atoms with E-state index in [1.54, 1.807) is 26.1 Å². The summed E-state index contributed by atoms with van der Waals surface area (Å²) in [6.45, 7) is 7.69. The summed E-state index contributed by atoms with van der Waals surface area (Å²) in [5.41, 5.74) is 2.13. The summed E-state index contributed by atoms with van der Waals surface area (Å²) >= 11 is 0. The third-order valence-electron chi connectivity index (χ3n) is 3.67. The van der Waals surface area contributed by atoms with Gasteiger partial charge in [-0.1, -0.05) is 13.0 Å². The van der Waals surface area contributed by atoms with Crippen LogP contribution in [0.15, 0.2) is 23.1 Å². The molecule has 0 radical (unpaired) electrons. The van der Waals surface area contributed by atoms with Gasteiger partial charge in [0.2, 0.25) is 0 Å². The van der Waals surface area contributed by atoms with Gasteiger partial charge in [-0.25, -0.2) is 8.42 Å². The van der Waals surface area contributed by atoms with Crippen LogP contribution in [0.2, 0.25) is 0 Å². The molecule has 1 N–H and O–H groups in total. The van der Waals surface area contributed by atoms with Crippen LogP contribution in [0.5, 0.6) is 0 Å². The largest absolute Gasteiger partial charge is 0.316 e. The predicted molar refractivity (Wildman–Crippen MR) is 75.7 cm³/mol. The molecule has 0 saturated carbocycles. The molecule has 0 aliphatic carbocycles. The Balaban J connectivity index is 3.16. The van der Waals surface area contributed by atoms with Crippen molar-refractivity contribution in [2.75, 3.05) is 7.05 Å². The zero-order valence-electron chi connectivity index (χ0n) is 11.8. The van der Waals surface area contributed by atoms with E-state index in [0.29, 0.717) is 4.90 Å². The number of nitrogens with one attached hydrogen (secondary N) is 1. The smallest absolute Gasteiger partial charge is 0.182 e. The molecule has 0 aliphatic heterocycles. The molecular weight excluding hydrogens is 246 g/mol. The van der Waals surface area contributed by atoms with Gasteiger partial charge in [-0.15, -0.1) is 0 Å². The highest BCUT2D eigenvalue weighted by atomic mass is 32.2. The SMILES string of the molecule is CCC(NC)C(C)S(=O)(=O)c1ccc(C)c(C)c1. The Hall–Kier alpha value is -0.870. The molecule has 4 heteroatoms. The molecule has 0 bridgehead atoms. The Morgan fingerprint density at radius 3 is 2.28 bits per heavy atom. The fourth-order valence-electron chi connectivity index (χ4n) is 2.09. The van der Waals surface area contributed by atoms with Crippen LogP contribution in [0.1, 0.15) is 31.4 Å². The molecule has 3 nitrogen and oxygen atoms in total. The Bertz CT molecular complexity index is 505. The molecule has 0 heterocycles. The van der Waals surface area contributed by atoms with Crippen molar-refractivity contribution >= 4 is 9.84 Å². The first-order valence-electron chi connectivity index (χ1n) is 6.33. The number of hydrogen-bond acceptors (Lipinski definition) is 3. The molecule has 2 unspecified atom stereocenters. The van der Waals surface area contributed by atoms with E-state index >= 15 is 0 Å². The van der Waals surface area contributed by atoms with E-state index in [2.05, 4.69) is 5.32 Å². The van der Waals surface area contributed by atoms with E-state index in [4.69, 9.17) is 0 Å². The fourth-order valence-corrected chi connectivity index (χ4v) is 3.88. The Morgan fingerprint density at radius 1 is 1.22 bits per heavy atom. The summed E-state index contributed by atoms with van der Waals surface area (Å²) in [5.74, 6) is 0. The van der Waals surface area contributed by atoms with E-state index < -0.39 is 15.1 Å². The molecule has 1 aromatic carbocycles. The Morgan fingerprint density at radius 2 is 1.83 bits per heavy atom. The van der Waals surface area contributed by atoms with E-state index in [1.807, 2.05) is 26.8 Å². The van der Waals surface area contributed by atoms with Crippen LogP contribution in [-0.2, 0) is 9.84 Å². The second-order valence-corrected chi connectivity index (χ2v) is 7.10. The summed E-state index contributed by atoms with van der Waals surface area (Å²) in [6, 6.07) is 5.33. The predicted octanol–water partition coefficient (Wildman–Crippen LogP) is 2.46. The Labute approximate surface area is 111 Å². The van der Waals surface area contributed by atoms with Crippen LogP contribution in [0.25, 0.3) is 0 Å². The van der Waals surface area contributed by atoms with Crippen molar-refractivity contribution in [3.05, 3.63) is 29.3 Å². The number of sulfone groups is 1. The van der Waals surface area contributed by atoms with Gasteiger partial charge in [0.1, 0.15) is 0 Å². The zero-order valence-corrected chi connectivity index (χ0v) is 12.6. The van der Waals surface area contributed by atoms with Gasteiger partial charge < -0.3 is 5.32 Å². The van der Waals surface area contributed by atoms with E-state index in [0.717, 1.165) is 17.5 Å². The van der Waals surface area contributed by atoms with Gasteiger partial charge in [0, 0.05) is 6.04 Å². The summed E-state index contributed by atoms with van der Waals surface area (Å²) in [6.07, 6.45) is 0.793. The lowest BCUT2D eigenvalue weighted by Gasteiger charge is -2.22. The summed E-state index contributed by atoms with van der Waals surface area (Å²) in [5, 5.41) is 2.65. The normalized spacial score (nSPS) is 15.4. The van der Waals surface area contributed by atoms with Gasteiger partial charge in [-0.05, 0) is 57.5 Å². The van der Waals surface area contributed by atoms with Gasteiger partial charge in [0.25, 0.3) is 0 Å². The second kappa shape index (κ2) is 5.85. The molecule has 0 saturated heterocycles. The molecule has 0 aromatic heterocycles. The molecule has 0 spiro atoms. The van der Waals surface area contributed by atoms with Crippen molar-refractivity contribution in [1.82, 2.24) is 5.32 Å². The van der Waals surface area contributed by atoms with Crippen molar-refractivity contribution < 1.29 is 8.42 Å². The minimum Gasteiger partial charge on any atom is -0.316 e. The molecule has 0 aliphatic rings. The van der Waals surface area contributed by atoms with Gasteiger partial charge in [0.05, 0.1) is 10.1 Å². The van der Waals surface area contributed by atoms with Crippen LogP contribution in [-0.4, -0.2) is 26.8 Å². The average molecular weight is 269 g/mol. The molecule has 0 fully saturated rings. The lowest BCUT2D eigenvalue weighted by molar-refractivity contribution is 0.505. The fraction of sp³-hybridized carbons (Fsp3) is 0.571. The maximum Gasteiger partial charge on any atom is 0.182 e. The quantitative estimate of drug-likeness (QED) is 0.893. The number of benzene rings is 1. The van der Waals surface area contributed by atoms with Crippen LogP contribution in [0, 0.1) is 13.8 Å². The summed E-state index contributed by atoms with van der Waals surface area (Å²) in [4.78, 5) is 0.423. The van der Waals surface area contributed by atoms with Crippen molar-refractivity contribution in [3.8, 4) is 0 Å². The van der Waals surface area contributed by atoms with E-state index in [1.165, 1.54) is 0 Å². The first-order valence-corrected chi connectivity index (χ1v) is 7.87.